The van der Waals surface area contributed by atoms with Crippen LogP contribution < -0.4 is 0 Å². The highest BCUT2D eigenvalue weighted by atomic mass is 32.1. The van der Waals surface area contributed by atoms with Crippen LogP contribution in [0, 0.1) is 0 Å². The molecule has 0 saturated carbocycles. The Bertz CT molecular complexity index is 767. The van der Waals surface area contributed by atoms with Crippen LogP contribution in [-0.2, 0) is 21.0 Å². The first-order valence-electron chi connectivity index (χ1n) is 10.1. The van der Waals surface area contributed by atoms with Crippen LogP contribution in [0.4, 0.5) is 0 Å². The molecule has 0 bridgehead atoms. The van der Waals surface area contributed by atoms with Crippen LogP contribution in [0.3, 0.4) is 0 Å². The number of imidazole rings is 1. The van der Waals surface area contributed by atoms with Crippen molar-refractivity contribution in [1.82, 2.24) is 14.5 Å². The normalized spacial score (nSPS) is 15.0. The number of Topliss-reactive ketones (excluding diaryl/α,β-unsaturated/α-hetero) is 1. The molecule has 8 heteroatoms. The average molecular weight is 420 g/mol. The van der Waals surface area contributed by atoms with Crippen molar-refractivity contribution >= 4 is 23.0 Å². The van der Waals surface area contributed by atoms with Gasteiger partial charge in [0.25, 0.3) is 0 Å². The summed E-state index contributed by atoms with van der Waals surface area (Å²) in [5.74, 6) is 1.64. The molecule has 0 spiro atoms. The van der Waals surface area contributed by atoms with Crippen LogP contribution in [0.5, 0.6) is 0 Å². The van der Waals surface area contributed by atoms with Crippen molar-refractivity contribution in [2.24, 2.45) is 0 Å². The molecular weight excluding hydrogens is 390 g/mol. The molecule has 0 aliphatic carbocycles. The maximum absolute atomic E-state index is 12.5. The van der Waals surface area contributed by atoms with Crippen LogP contribution in [0.25, 0.3) is 0 Å². The monoisotopic (exact) mass is 419 g/mol. The summed E-state index contributed by atoms with van der Waals surface area (Å²) in [4.78, 5) is 31.8. The average Bonchev–Trinajstić information content (AvgIpc) is 3.43. The molecule has 1 saturated heterocycles. The number of hydrogen-bond acceptors (Lipinski definition) is 6. The molecule has 7 nitrogen and oxygen atoms in total. The van der Waals surface area contributed by atoms with Crippen LogP contribution in [0.2, 0.25) is 0 Å². The number of carbonyl (C=O) groups excluding carboxylic acids is 2. The third-order valence-corrected chi connectivity index (χ3v) is 6.12. The molecule has 1 amide bonds. The smallest absolute Gasteiger partial charge is 0.222 e. The minimum absolute atomic E-state index is 0.131. The highest BCUT2D eigenvalue weighted by Crippen LogP contribution is 2.27. The number of likely N-dealkylation sites (tertiary alicyclic amines) is 1. The molecule has 3 rings (SSSR count). The maximum atomic E-state index is 12.5. The SMILES string of the molecule is COCCOCn1ccnc1C1CCN(C(=O)CCCC(=O)c2cccs2)CC1. The summed E-state index contributed by atoms with van der Waals surface area (Å²) in [7, 11) is 1.66. The first-order chi connectivity index (χ1) is 14.2. The predicted octanol–water partition coefficient (Wildman–Crippen LogP) is 3.32. The lowest BCUT2D eigenvalue weighted by molar-refractivity contribution is -0.132. The number of methoxy groups -OCH3 is 1. The van der Waals surface area contributed by atoms with Crippen molar-refractivity contribution in [2.45, 2.75) is 44.8 Å². The molecule has 1 aliphatic heterocycles. The number of piperidine rings is 1. The molecule has 2 aromatic rings. The van der Waals surface area contributed by atoms with E-state index in [4.69, 9.17) is 9.47 Å². The molecule has 3 heterocycles. The van der Waals surface area contributed by atoms with Gasteiger partial charge in [0.2, 0.25) is 5.91 Å². The Labute approximate surface area is 175 Å². The van der Waals surface area contributed by atoms with Crippen LogP contribution in [0.1, 0.15) is 53.5 Å². The fourth-order valence-electron chi connectivity index (χ4n) is 3.60. The molecule has 0 unspecified atom stereocenters. The Morgan fingerprint density at radius 2 is 2.07 bits per heavy atom. The van der Waals surface area contributed by atoms with E-state index >= 15 is 0 Å². The van der Waals surface area contributed by atoms with Gasteiger partial charge in [-0.1, -0.05) is 6.07 Å². The van der Waals surface area contributed by atoms with E-state index in [1.54, 1.807) is 13.3 Å². The van der Waals surface area contributed by atoms with E-state index in [1.165, 1.54) is 11.3 Å². The van der Waals surface area contributed by atoms with E-state index in [1.807, 2.05) is 33.2 Å². The Balaban J connectivity index is 1.39. The number of carbonyl (C=O) groups is 2. The van der Waals surface area contributed by atoms with Gasteiger partial charge in [-0.2, -0.15) is 0 Å². The van der Waals surface area contributed by atoms with Gasteiger partial charge in [0.05, 0.1) is 18.1 Å². The highest BCUT2D eigenvalue weighted by Gasteiger charge is 2.26. The van der Waals surface area contributed by atoms with Crippen molar-refractivity contribution in [1.29, 1.82) is 0 Å². The van der Waals surface area contributed by atoms with Gasteiger partial charge in [0, 0.05) is 51.4 Å². The maximum Gasteiger partial charge on any atom is 0.222 e. The lowest BCUT2D eigenvalue weighted by atomic mass is 9.95. The first kappa shape index (κ1) is 21.7. The van der Waals surface area contributed by atoms with E-state index in [0.717, 1.165) is 36.6 Å². The largest absolute Gasteiger partial charge is 0.382 e. The summed E-state index contributed by atoms with van der Waals surface area (Å²) >= 11 is 1.46. The fourth-order valence-corrected chi connectivity index (χ4v) is 4.30. The summed E-state index contributed by atoms with van der Waals surface area (Å²) in [6.07, 6.45) is 7.01. The van der Waals surface area contributed by atoms with Crippen molar-refractivity contribution in [3.63, 3.8) is 0 Å². The molecule has 1 fully saturated rings. The molecule has 29 heavy (non-hydrogen) atoms. The lowest BCUT2D eigenvalue weighted by Gasteiger charge is -2.32. The molecule has 1 aliphatic rings. The zero-order chi connectivity index (χ0) is 20.5. The molecule has 0 atom stereocenters. The highest BCUT2D eigenvalue weighted by molar-refractivity contribution is 7.12. The quantitative estimate of drug-likeness (QED) is 0.413. The van der Waals surface area contributed by atoms with Gasteiger partial charge in [-0.05, 0) is 30.7 Å². The predicted molar refractivity (Wildman–Crippen MR) is 111 cm³/mol. The van der Waals surface area contributed by atoms with Crippen LogP contribution >= 0.6 is 11.3 Å². The van der Waals surface area contributed by atoms with Crippen molar-refractivity contribution < 1.29 is 19.1 Å². The van der Waals surface area contributed by atoms with Crippen molar-refractivity contribution in [3.05, 3.63) is 40.6 Å². The Morgan fingerprint density at radius 1 is 1.24 bits per heavy atom. The number of nitrogens with zero attached hydrogens (tertiary/aromatic N) is 3. The molecule has 0 N–H and O–H groups in total. The molecule has 0 radical (unpaired) electrons. The van der Waals surface area contributed by atoms with Crippen molar-refractivity contribution in [2.75, 3.05) is 33.4 Å². The third kappa shape index (κ3) is 6.22. The van der Waals surface area contributed by atoms with Gasteiger partial charge >= 0.3 is 0 Å². The Kier molecular flexibility index (Phi) is 8.39. The molecular formula is C21H29N3O4S. The summed E-state index contributed by atoms with van der Waals surface area (Å²) < 4.78 is 12.6. The number of ketones is 1. The van der Waals surface area contributed by atoms with E-state index in [2.05, 4.69) is 4.98 Å². The minimum Gasteiger partial charge on any atom is -0.382 e. The number of amides is 1. The van der Waals surface area contributed by atoms with Gasteiger partial charge in [0.1, 0.15) is 12.6 Å². The second-order valence-corrected chi connectivity index (χ2v) is 8.14. The zero-order valence-electron chi connectivity index (χ0n) is 16.9. The molecule has 0 aromatic carbocycles. The summed E-state index contributed by atoms with van der Waals surface area (Å²) in [5.41, 5.74) is 0. The fraction of sp³-hybridized carbons (Fsp3) is 0.571. The second kappa shape index (κ2) is 11.2. The molecule has 2 aromatic heterocycles. The minimum atomic E-state index is 0.131. The van der Waals surface area contributed by atoms with Gasteiger partial charge in [0.15, 0.2) is 5.78 Å². The van der Waals surface area contributed by atoms with E-state index < -0.39 is 0 Å². The molecule has 158 valence electrons. The third-order valence-electron chi connectivity index (χ3n) is 5.21. The zero-order valence-corrected chi connectivity index (χ0v) is 17.7. The van der Waals surface area contributed by atoms with Gasteiger partial charge in [-0.25, -0.2) is 4.98 Å². The number of thiophene rings is 1. The lowest BCUT2D eigenvalue weighted by Crippen LogP contribution is -2.38. The summed E-state index contributed by atoms with van der Waals surface area (Å²) in [6, 6.07) is 3.72. The number of ether oxygens (including phenoxy) is 2. The standard InChI is InChI=1S/C21H29N3O4S/c1-27-13-14-28-16-24-12-9-22-21(24)17-7-10-23(11-8-17)20(26)6-2-4-18(25)19-5-3-15-29-19/h3,5,9,12,15,17H,2,4,6-8,10-11,13-14,16H2,1H3. The topological polar surface area (TPSA) is 73.7 Å². The van der Waals surface area contributed by atoms with Gasteiger partial charge in [-0.15, -0.1) is 11.3 Å². The van der Waals surface area contributed by atoms with E-state index in [0.29, 0.717) is 45.1 Å². The first-order valence-corrected chi connectivity index (χ1v) is 11.0. The van der Waals surface area contributed by atoms with Gasteiger partial charge in [-0.3, -0.25) is 9.59 Å². The van der Waals surface area contributed by atoms with Crippen LogP contribution in [-0.4, -0.2) is 59.6 Å². The number of aromatic nitrogens is 2. The number of rotatable bonds is 11. The van der Waals surface area contributed by atoms with Crippen molar-refractivity contribution in [3.8, 4) is 0 Å². The Morgan fingerprint density at radius 3 is 2.79 bits per heavy atom. The summed E-state index contributed by atoms with van der Waals surface area (Å²) in [5, 5.41) is 1.90. The van der Waals surface area contributed by atoms with Crippen LogP contribution in [0.15, 0.2) is 29.9 Å². The summed E-state index contributed by atoms with van der Waals surface area (Å²) in [6.45, 7) is 3.06. The Hall–Kier alpha value is -2.03. The number of hydrogen-bond donors (Lipinski definition) is 0. The van der Waals surface area contributed by atoms with E-state index in [9.17, 15) is 9.59 Å². The van der Waals surface area contributed by atoms with Gasteiger partial charge < -0.3 is 18.9 Å². The van der Waals surface area contributed by atoms with E-state index in [-0.39, 0.29) is 11.7 Å². The second-order valence-electron chi connectivity index (χ2n) is 7.19.